The van der Waals surface area contributed by atoms with Crippen LogP contribution in [0, 0.1) is 12.7 Å². The molecule has 0 unspecified atom stereocenters. The number of primary amides is 1. The fourth-order valence-corrected chi connectivity index (χ4v) is 2.87. The van der Waals surface area contributed by atoms with Crippen molar-refractivity contribution in [3.63, 3.8) is 0 Å². The van der Waals surface area contributed by atoms with E-state index in [2.05, 4.69) is 5.32 Å². The molecule has 0 aliphatic heterocycles. The number of nitrogens with one attached hydrogen (secondary N) is 1. The number of halogens is 2. The molecular weight excluding hydrogens is 357 g/mol. The predicted octanol–water partition coefficient (Wildman–Crippen LogP) is 3.55. The minimum absolute atomic E-state index is 0.00500. The standard InChI is InChI=1S/C19H21ClFN3O2/c1-12-5-3-6-13(9-12)17(23-19(22)26)10-18(25)24(2)11-14-15(20)7-4-8-16(14)21/h3-9,17H,10-11H2,1-2H3,(H3,22,23,26)/t17-/m0/s1. The van der Waals surface area contributed by atoms with Crippen molar-refractivity contribution in [2.24, 2.45) is 5.73 Å². The van der Waals surface area contributed by atoms with E-state index in [1.165, 1.54) is 17.0 Å². The number of nitrogens with zero attached hydrogens (tertiary/aromatic N) is 1. The van der Waals surface area contributed by atoms with E-state index >= 15 is 0 Å². The van der Waals surface area contributed by atoms with Gasteiger partial charge >= 0.3 is 6.03 Å². The van der Waals surface area contributed by atoms with Gasteiger partial charge in [-0.2, -0.15) is 0 Å². The molecule has 0 heterocycles. The molecular formula is C19H21ClFN3O2. The van der Waals surface area contributed by atoms with Crippen LogP contribution in [0.2, 0.25) is 5.02 Å². The Morgan fingerprint density at radius 2 is 1.96 bits per heavy atom. The van der Waals surface area contributed by atoms with Gasteiger partial charge in [-0.25, -0.2) is 9.18 Å². The number of benzene rings is 2. The number of hydrogen-bond acceptors (Lipinski definition) is 2. The molecule has 7 heteroatoms. The molecule has 2 rings (SSSR count). The van der Waals surface area contributed by atoms with E-state index in [0.29, 0.717) is 0 Å². The largest absolute Gasteiger partial charge is 0.352 e. The third-order valence-electron chi connectivity index (χ3n) is 4.02. The van der Waals surface area contributed by atoms with Crippen molar-refractivity contribution in [2.75, 3.05) is 7.05 Å². The normalized spacial score (nSPS) is 11.7. The number of amides is 3. The second kappa shape index (κ2) is 8.67. The average Bonchev–Trinajstić information content (AvgIpc) is 2.57. The quantitative estimate of drug-likeness (QED) is 0.807. The topological polar surface area (TPSA) is 75.4 Å². The zero-order valence-corrected chi connectivity index (χ0v) is 15.4. The summed E-state index contributed by atoms with van der Waals surface area (Å²) in [7, 11) is 1.56. The number of urea groups is 1. The van der Waals surface area contributed by atoms with Crippen LogP contribution in [0.5, 0.6) is 0 Å². The Bertz CT molecular complexity index is 793. The molecule has 0 saturated carbocycles. The van der Waals surface area contributed by atoms with E-state index in [1.54, 1.807) is 13.1 Å². The maximum absolute atomic E-state index is 13.9. The number of rotatable bonds is 6. The van der Waals surface area contributed by atoms with Crippen LogP contribution in [0.1, 0.15) is 29.2 Å². The van der Waals surface area contributed by atoms with Crippen molar-refractivity contribution in [1.29, 1.82) is 0 Å². The van der Waals surface area contributed by atoms with Gasteiger partial charge in [0, 0.05) is 24.2 Å². The second-order valence-electron chi connectivity index (χ2n) is 6.13. The number of nitrogens with two attached hydrogens (primary N) is 1. The Hall–Kier alpha value is -2.60. The molecule has 1 atom stereocenters. The molecule has 0 bridgehead atoms. The van der Waals surface area contributed by atoms with Gasteiger partial charge in [0.2, 0.25) is 5.91 Å². The lowest BCUT2D eigenvalue weighted by atomic mass is 10.0. The van der Waals surface area contributed by atoms with E-state index < -0.39 is 17.9 Å². The van der Waals surface area contributed by atoms with Gasteiger partial charge in [-0.05, 0) is 24.6 Å². The van der Waals surface area contributed by atoms with Gasteiger partial charge in [0.25, 0.3) is 0 Å². The SMILES string of the molecule is Cc1cccc([C@H](CC(=O)N(C)Cc2c(F)cccc2Cl)NC(N)=O)c1. The van der Waals surface area contributed by atoms with E-state index in [-0.39, 0.29) is 29.5 Å². The molecule has 0 aliphatic rings. The molecule has 26 heavy (non-hydrogen) atoms. The Balaban J connectivity index is 2.14. The van der Waals surface area contributed by atoms with Crippen LogP contribution in [0.3, 0.4) is 0 Å². The highest BCUT2D eigenvalue weighted by Gasteiger charge is 2.21. The summed E-state index contributed by atoms with van der Waals surface area (Å²) in [4.78, 5) is 25.3. The highest BCUT2D eigenvalue weighted by Crippen LogP contribution is 2.23. The first kappa shape index (κ1) is 19.7. The van der Waals surface area contributed by atoms with Crippen LogP contribution in [0.15, 0.2) is 42.5 Å². The van der Waals surface area contributed by atoms with Gasteiger partial charge in [-0.15, -0.1) is 0 Å². The van der Waals surface area contributed by atoms with Gasteiger partial charge in [-0.1, -0.05) is 47.5 Å². The summed E-state index contributed by atoms with van der Waals surface area (Å²) in [6, 6.07) is 10.5. The molecule has 5 nitrogen and oxygen atoms in total. The Morgan fingerprint density at radius 1 is 1.27 bits per heavy atom. The van der Waals surface area contributed by atoms with Gasteiger partial charge in [-0.3, -0.25) is 4.79 Å². The monoisotopic (exact) mass is 377 g/mol. The van der Waals surface area contributed by atoms with Crippen LogP contribution in [0.4, 0.5) is 9.18 Å². The fourth-order valence-electron chi connectivity index (χ4n) is 2.65. The van der Waals surface area contributed by atoms with Gasteiger partial charge in [0.15, 0.2) is 0 Å². The third kappa shape index (κ3) is 5.20. The molecule has 3 N–H and O–H groups in total. The van der Waals surface area contributed by atoms with Crippen molar-refractivity contribution in [1.82, 2.24) is 10.2 Å². The van der Waals surface area contributed by atoms with Crippen LogP contribution < -0.4 is 11.1 Å². The molecule has 0 aliphatic carbocycles. The summed E-state index contributed by atoms with van der Waals surface area (Å²) in [5.74, 6) is -0.743. The fraction of sp³-hybridized carbons (Fsp3) is 0.263. The lowest BCUT2D eigenvalue weighted by molar-refractivity contribution is -0.130. The van der Waals surface area contributed by atoms with Crippen LogP contribution in [0.25, 0.3) is 0 Å². The maximum Gasteiger partial charge on any atom is 0.312 e. The van der Waals surface area contributed by atoms with Crippen LogP contribution in [-0.4, -0.2) is 23.9 Å². The summed E-state index contributed by atoms with van der Waals surface area (Å²) in [5, 5.41) is 2.85. The van der Waals surface area contributed by atoms with Crippen molar-refractivity contribution in [3.05, 3.63) is 70.0 Å². The Kier molecular flexibility index (Phi) is 6.58. The second-order valence-corrected chi connectivity index (χ2v) is 6.54. The first-order valence-corrected chi connectivity index (χ1v) is 8.45. The minimum atomic E-state index is -0.718. The summed E-state index contributed by atoms with van der Waals surface area (Å²) in [6.07, 6.45) is -0.00500. The van der Waals surface area contributed by atoms with Crippen molar-refractivity contribution in [3.8, 4) is 0 Å². The third-order valence-corrected chi connectivity index (χ3v) is 4.38. The Morgan fingerprint density at radius 3 is 2.58 bits per heavy atom. The van der Waals surface area contributed by atoms with Crippen molar-refractivity contribution in [2.45, 2.75) is 25.9 Å². The van der Waals surface area contributed by atoms with Crippen molar-refractivity contribution >= 4 is 23.5 Å². The highest BCUT2D eigenvalue weighted by molar-refractivity contribution is 6.31. The number of carbonyl (C=O) groups excluding carboxylic acids is 2. The van der Waals surface area contributed by atoms with Gasteiger partial charge in [0.1, 0.15) is 5.82 Å². The Labute approximate surface area is 156 Å². The maximum atomic E-state index is 13.9. The zero-order chi connectivity index (χ0) is 19.3. The summed E-state index contributed by atoms with van der Waals surface area (Å²) < 4.78 is 13.9. The average molecular weight is 378 g/mol. The van der Waals surface area contributed by atoms with E-state index in [0.717, 1.165) is 11.1 Å². The summed E-state index contributed by atoms with van der Waals surface area (Å²) in [5.41, 5.74) is 7.26. The molecule has 0 saturated heterocycles. The first-order valence-electron chi connectivity index (χ1n) is 8.07. The van der Waals surface area contributed by atoms with E-state index in [9.17, 15) is 14.0 Å². The number of carbonyl (C=O) groups is 2. The van der Waals surface area contributed by atoms with Crippen LogP contribution in [-0.2, 0) is 11.3 Å². The predicted molar refractivity (Wildman–Crippen MR) is 99.1 cm³/mol. The lowest BCUT2D eigenvalue weighted by Gasteiger charge is -2.23. The summed E-state index contributed by atoms with van der Waals surface area (Å²) in [6.45, 7) is 1.94. The van der Waals surface area contributed by atoms with E-state index in [4.69, 9.17) is 17.3 Å². The number of aryl methyl sites for hydroxylation is 1. The lowest BCUT2D eigenvalue weighted by Crippen LogP contribution is -2.37. The highest BCUT2D eigenvalue weighted by atomic mass is 35.5. The van der Waals surface area contributed by atoms with Crippen molar-refractivity contribution < 1.29 is 14.0 Å². The first-order chi connectivity index (χ1) is 12.3. The summed E-state index contributed by atoms with van der Waals surface area (Å²) >= 11 is 6.01. The van der Waals surface area contributed by atoms with E-state index in [1.807, 2.05) is 31.2 Å². The number of hydrogen-bond donors (Lipinski definition) is 2. The molecule has 3 amide bonds. The van der Waals surface area contributed by atoms with Gasteiger partial charge < -0.3 is 16.0 Å². The molecule has 138 valence electrons. The smallest absolute Gasteiger partial charge is 0.312 e. The molecule has 2 aromatic rings. The minimum Gasteiger partial charge on any atom is -0.352 e. The molecule has 2 aromatic carbocycles. The molecule has 0 spiro atoms. The van der Waals surface area contributed by atoms with Crippen LogP contribution >= 0.6 is 11.6 Å². The molecule has 0 fully saturated rings. The zero-order valence-electron chi connectivity index (χ0n) is 14.6. The molecule has 0 aromatic heterocycles. The molecule has 0 radical (unpaired) electrons. The van der Waals surface area contributed by atoms with Gasteiger partial charge in [0.05, 0.1) is 12.5 Å².